The molecule has 94 valence electrons. The van der Waals surface area contributed by atoms with Crippen LogP contribution < -0.4 is 0 Å². The Kier molecular flexibility index (Phi) is 5.77. The van der Waals surface area contributed by atoms with E-state index in [0.717, 1.165) is 38.9 Å². The number of aliphatic hydroxyl groups is 1. The first-order valence-electron chi connectivity index (χ1n) is 6.28. The Morgan fingerprint density at radius 3 is 2.94 bits per heavy atom. The molecular weight excluding hydrogens is 204 g/mol. The van der Waals surface area contributed by atoms with E-state index in [1.165, 1.54) is 0 Å². The van der Waals surface area contributed by atoms with Gasteiger partial charge in [-0.15, -0.1) is 0 Å². The van der Waals surface area contributed by atoms with Crippen LogP contribution in [-0.4, -0.2) is 60.1 Å². The Hall–Kier alpha value is -0.610. The highest BCUT2D eigenvalue weighted by atomic mass is 16.3. The fraction of sp³-hybridized carbons (Fsp3) is 0.917. The van der Waals surface area contributed by atoms with Gasteiger partial charge in [-0.25, -0.2) is 0 Å². The van der Waals surface area contributed by atoms with Crippen LogP contribution in [-0.2, 0) is 4.79 Å². The lowest BCUT2D eigenvalue weighted by Gasteiger charge is -2.23. The van der Waals surface area contributed by atoms with Crippen LogP contribution >= 0.6 is 0 Å². The second kappa shape index (κ2) is 6.86. The maximum atomic E-state index is 11.7. The van der Waals surface area contributed by atoms with E-state index < -0.39 is 0 Å². The molecule has 4 heteroatoms. The molecule has 0 aliphatic carbocycles. The summed E-state index contributed by atoms with van der Waals surface area (Å²) in [7, 11) is 1.86. The molecule has 1 saturated heterocycles. The van der Waals surface area contributed by atoms with E-state index in [-0.39, 0.29) is 18.6 Å². The van der Waals surface area contributed by atoms with E-state index in [9.17, 15) is 4.79 Å². The third-order valence-corrected chi connectivity index (χ3v) is 3.31. The summed E-state index contributed by atoms with van der Waals surface area (Å²) >= 11 is 0. The molecule has 1 N–H and O–H groups in total. The van der Waals surface area contributed by atoms with Crippen LogP contribution in [0.2, 0.25) is 0 Å². The zero-order valence-corrected chi connectivity index (χ0v) is 10.5. The fourth-order valence-corrected chi connectivity index (χ4v) is 2.29. The van der Waals surface area contributed by atoms with Gasteiger partial charge >= 0.3 is 0 Å². The van der Waals surface area contributed by atoms with Crippen molar-refractivity contribution in [3.8, 4) is 0 Å². The van der Waals surface area contributed by atoms with Crippen molar-refractivity contribution in [1.29, 1.82) is 0 Å². The van der Waals surface area contributed by atoms with Gasteiger partial charge in [0.15, 0.2) is 0 Å². The van der Waals surface area contributed by atoms with Crippen LogP contribution in [0.4, 0.5) is 0 Å². The molecule has 0 aromatic rings. The minimum atomic E-state index is 0.213. The summed E-state index contributed by atoms with van der Waals surface area (Å²) in [6.07, 6.45) is 3.79. The minimum Gasteiger partial charge on any atom is -0.395 e. The van der Waals surface area contributed by atoms with Gasteiger partial charge in [0.1, 0.15) is 0 Å². The molecule has 1 rings (SSSR count). The molecule has 0 radical (unpaired) electrons. The molecule has 1 amide bonds. The molecule has 1 aliphatic heterocycles. The van der Waals surface area contributed by atoms with Crippen LogP contribution in [0.15, 0.2) is 0 Å². The summed E-state index contributed by atoms with van der Waals surface area (Å²) in [6, 6.07) is 0.282. The van der Waals surface area contributed by atoms with Crippen molar-refractivity contribution in [1.82, 2.24) is 9.80 Å². The number of amides is 1. The van der Waals surface area contributed by atoms with Crippen molar-refractivity contribution in [2.75, 3.05) is 33.3 Å². The number of rotatable bonds is 6. The van der Waals surface area contributed by atoms with Crippen molar-refractivity contribution in [2.45, 2.75) is 38.6 Å². The number of carbonyl (C=O) groups excluding carboxylic acids is 1. The summed E-state index contributed by atoms with van der Waals surface area (Å²) in [6.45, 7) is 4.95. The standard InChI is InChI=1S/C12H24N2O2/c1-3-7-13(2)12(16)6-9-14-8-4-5-11(14)10-15/h11,15H,3-10H2,1-2H3/t11-/m0/s1. The van der Waals surface area contributed by atoms with Gasteiger partial charge in [0.05, 0.1) is 6.61 Å². The van der Waals surface area contributed by atoms with Crippen molar-refractivity contribution in [3.05, 3.63) is 0 Å². The quantitative estimate of drug-likeness (QED) is 0.728. The number of hydrogen-bond acceptors (Lipinski definition) is 3. The lowest BCUT2D eigenvalue weighted by molar-refractivity contribution is -0.130. The van der Waals surface area contributed by atoms with Gasteiger partial charge in [-0.3, -0.25) is 9.69 Å². The van der Waals surface area contributed by atoms with E-state index in [1.54, 1.807) is 4.90 Å². The smallest absolute Gasteiger partial charge is 0.223 e. The van der Waals surface area contributed by atoms with Crippen LogP contribution in [0.1, 0.15) is 32.6 Å². The predicted molar refractivity (Wildman–Crippen MR) is 64.2 cm³/mol. The number of likely N-dealkylation sites (tertiary alicyclic amines) is 1. The summed E-state index contributed by atoms with van der Waals surface area (Å²) in [5.41, 5.74) is 0. The molecule has 0 saturated carbocycles. The monoisotopic (exact) mass is 228 g/mol. The molecule has 16 heavy (non-hydrogen) atoms. The summed E-state index contributed by atoms with van der Waals surface area (Å²) in [5, 5.41) is 9.16. The first kappa shape index (κ1) is 13.5. The molecule has 1 fully saturated rings. The molecule has 0 aromatic heterocycles. The van der Waals surface area contributed by atoms with Gasteiger partial charge in [0.25, 0.3) is 0 Å². The van der Waals surface area contributed by atoms with Crippen LogP contribution in [0.5, 0.6) is 0 Å². The number of carbonyl (C=O) groups is 1. The Bertz CT molecular complexity index is 221. The number of hydrogen-bond donors (Lipinski definition) is 1. The fourth-order valence-electron chi connectivity index (χ4n) is 2.29. The Morgan fingerprint density at radius 2 is 2.31 bits per heavy atom. The van der Waals surface area contributed by atoms with Gasteiger partial charge in [-0.05, 0) is 25.8 Å². The number of nitrogens with zero attached hydrogens (tertiary/aromatic N) is 2. The molecule has 1 heterocycles. The molecule has 0 aromatic carbocycles. The first-order chi connectivity index (χ1) is 7.69. The summed E-state index contributed by atoms with van der Waals surface area (Å²) < 4.78 is 0. The van der Waals surface area contributed by atoms with Gasteiger partial charge in [0.2, 0.25) is 5.91 Å². The Morgan fingerprint density at radius 1 is 1.56 bits per heavy atom. The van der Waals surface area contributed by atoms with Gasteiger partial charge < -0.3 is 10.0 Å². The van der Waals surface area contributed by atoms with E-state index in [4.69, 9.17) is 5.11 Å². The SMILES string of the molecule is CCCN(C)C(=O)CCN1CCC[C@H]1CO. The highest BCUT2D eigenvalue weighted by Gasteiger charge is 2.24. The average Bonchev–Trinajstić information content (AvgIpc) is 2.73. The maximum Gasteiger partial charge on any atom is 0.223 e. The zero-order valence-electron chi connectivity index (χ0n) is 10.5. The Labute approximate surface area is 98.2 Å². The molecule has 0 bridgehead atoms. The highest BCUT2D eigenvalue weighted by Crippen LogP contribution is 2.16. The number of aliphatic hydroxyl groups excluding tert-OH is 1. The minimum absolute atomic E-state index is 0.213. The summed E-state index contributed by atoms with van der Waals surface area (Å²) in [5.74, 6) is 0.213. The third-order valence-electron chi connectivity index (χ3n) is 3.31. The molecule has 1 atom stereocenters. The second-order valence-corrected chi connectivity index (χ2v) is 4.58. The van der Waals surface area contributed by atoms with E-state index in [2.05, 4.69) is 11.8 Å². The largest absolute Gasteiger partial charge is 0.395 e. The van der Waals surface area contributed by atoms with Gasteiger partial charge in [-0.1, -0.05) is 6.92 Å². The molecule has 4 nitrogen and oxygen atoms in total. The van der Waals surface area contributed by atoms with Crippen LogP contribution in [0.3, 0.4) is 0 Å². The zero-order chi connectivity index (χ0) is 12.0. The highest BCUT2D eigenvalue weighted by molar-refractivity contribution is 5.76. The predicted octanol–water partition coefficient (Wildman–Crippen LogP) is 0.702. The molecule has 0 spiro atoms. The lowest BCUT2D eigenvalue weighted by atomic mass is 10.2. The van der Waals surface area contributed by atoms with E-state index in [1.807, 2.05) is 7.05 Å². The van der Waals surface area contributed by atoms with Crippen molar-refractivity contribution < 1.29 is 9.90 Å². The van der Waals surface area contributed by atoms with Gasteiger partial charge in [0, 0.05) is 32.6 Å². The molecular formula is C12H24N2O2. The third kappa shape index (κ3) is 3.76. The topological polar surface area (TPSA) is 43.8 Å². The molecule has 0 unspecified atom stereocenters. The van der Waals surface area contributed by atoms with Crippen LogP contribution in [0, 0.1) is 0 Å². The Balaban J connectivity index is 2.25. The van der Waals surface area contributed by atoms with E-state index in [0.29, 0.717) is 6.42 Å². The normalized spacial score (nSPS) is 21.3. The lowest BCUT2D eigenvalue weighted by Crippen LogP contribution is -2.36. The van der Waals surface area contributed by atoms with Crippen molar-refractivity contribution in [3.63, 3.8) is 0 Å². The maximum absolute atomic E-state index is 11.7. The van der Waals surface area contributed by atoms with Crippen LogP contribution in [0.25, 0.3) is 0 Å². The summed E-state index contributed by atoms with van der Waals surface area (Å²) in [4.78, 5) is 15.8. The second-order valence-electron chi connectivity index (χ2n) is 4.58. The molecule has 1 aliphatic rings. The van der Waals surface area contributed by atoms with Gasteiger partial charge in [-0.2, -0.15) is 0 Å². The first-order valence-corrected chi connectivity index (χ1v) is 6.28. The van der Waals surface area contributed by atoms with Crippen molar-refractivity contribution >= 4 is 5.91 Å². The average molecular weight is 228 g/mol. The van der Waals surface area contributed by atoms with E-state index >= 15 is 0 Å². The van der Waals surface area contributed by atoms with Crippen molar-refractivity contribution in [2.24, 2.45) is 0 Å².